The van der Waals surface area contributed by atoms with Crippen LogP contribution < -0.4 is 10.9 Å². The molecule has 0 spiro atoms. The molecular formula is C13H17N3O2S2. The van der Waals surface area contributed by atoms with Gasteiger partial charge in [-0.25, -0.2) is 0 Å². The molecule has 5 nitrogen and oxygen atoms in total. The molecule has 108 valence electrons. The molecule has 0 aliphatic carbocycles. The van der Waals surface area contributed by atoms with Crippen LogP contribution in [0.25, 0.3) is 10.2 Å². The van der Waals surface area contributed by atoms with Crippen LogP contribution >= 0.6 is 23.6 Å². The molecule has 20 heavy (non-hydrogen) atoms. The summed E-state index contributed by atoms with van der Waals surface area (Å²) in [4.78, 5) is 28.4. The van der Waals surface area contributed by atoms with Gasteiger partial charge in [0.15, 0.2) is 4.77 Å². The first-order chi connectivity index (χ1) is 9.20. The predicted molar refractivity (Wildman–Crippen MR) is 83.9 cm³/mol. The number of nitrogens with zero attached hydrogens (tertiary/aromatic N) is 1. The van der Waals surface area contributed by atoms with Crippen molar-refractivity contribution >= 4 is 39.7 Å². The minimum atomic E-state index is -0.658. The third kappa shape index (κ3) is 2.83. The number of amides is 1. The van der Waals surface area contributed by atoms with Gasteiger partial charge in [-0.2, -0.15) is 0 Å². The average Bonchev–Trinajstić information content (AvgIpc) is 2.74. The number of nitrogens with one attached hydrogen (secondary N) is 2. The molecule has 0 aliphatic rings. The second kappa shape index (κ2) is 5.14. The summed E-state index contributed by atoms with van der Waals surface area (Å²) in [6.07, 6.45) is 0. The molecule has 2 aromatic rings. The number of fused-ring (bicyclic) bond motifs is 1. The Labute approximate surface area is 125 Å². The summed E-state index contributed by atoms with van der Waals surface area (Å²) in [5.74, 6) is -0.228. The van der Waals surface area contributed by atoms with Crippen molar-refractivity contribution in [3.05, 3.63) is 26.6 Å². The minimum Gasteiger partial charge on any atom is -0.350 e. The van der Waals surface area contributed by atoms with Gasteiger partial charge >= 0.3 is 0 Å². The van der Waals surface area contributed by atoms with Gasteiger partial charge in [0, 0.05) is 5.54 Å². The van der Waals surface area contributed by atoms with E-state index in [1.54, 1.807) is 13.0 Å². The Balaban J connectivity index is 2.50. The number of H-pyrrole nitrogens is 1. The minimum absolute atomic E-state index is 0.228. The largest absolute Gasteiger partial charge is 0.350 e. The number of hydrogen-bond acceptors (Lipinski definition) is 4. The molecule has 0 saturated heterocycles. The Kier molecular flexibility index (Phi) is 3.84. The van der Waals surface area contributed by atoms with Gasteiger partial charge in [0.2, 0.25) is 5.91 Å². The third-order valence-electron chi connectivity index (χ3n) is 2.82. The molecule has 0 aliphatic heterocycles. The topological polar surface area (TPSA) is 66.9 Å². The van der Waals surface area contributed by atoms with Crippen LogP contribution in [0.2, 0.25) is 0 Å². The molecule has 1 amide bonds. The second-order valence-corrected chi connectivity index (χ2v) is 6.99. The number of rotatable bonds is 2. The van der Waals surface area contributed by atoms with Crippen molar-refractivity contribution in [1.82, 2.24) is 14.9 Å². The van der Waals surface area contributed by atoms with Crippen LogP contribution in [0.3, 0.4) is 0 Å². The van der Waals surface area contributed by atoms with E-state index in [0.29, 0.717) is 5.39 Å². The molecule has 2 N–H and O–H groups in total. The maximum atomic E-state index is 12.4. The molecule has 0 fully saturated rings. The Morgan fingerprint density at radius 3 is 2.75 bits per heavy atom. The third-order valence-corrected chi connectivity index (χ3v) is 3.95. The van der Waals surface area contributed by atoms with Crippen molar-refractivity contribution in [3.8, 4) is 0 Å². The van der Waals surface area contributed by atoms with Gasteiger partial charge in [0.05, 0.1) is 5.39 Å². The lowest BCUT2D eigenvalue weighted by atomic mass is 10.1. The molecule has 0 saturated carbocycles. The van der Waals surface area contributed by atoms with Crippen molar-refractivity contribution in [2.75, 3.05) is 0 Å². The van der Waals surface area contributed by atoms with Gasteiger partial charge in [-0.1, -0.05) is 0 Å². The zero-order valence-corrected chi connectivity index (χ0v) is 13.4. The highest BCUT2D eigenvalue weighted by atomic mass is 32.1. The average molecular weight is 311 g/mol. The first-order valence-electron chi connectivity index (χ1n) is 6.25. The standard InChI is InChI=1S/C13H17N3O2S2/c1-7(9(17)15-13(2,3)4)16-11(18)8-5-6-20-10(8)14-12(16)19/h5-7H,1-4H3,(H,14,19)(H,15,17). The highest BCUT2D eigenvalue weighted by molar-refractivity contribution is 7.71. The molecular weight excluding hydrogens is 294 g/mol. The van der Waals surface area contributed by atoms with Crippen LogP contribution in [0.4, 0.5) is 0 Å². The Hall–Kier alpha value is -1.47. The van der Waals surface area contributed by atoms with Gasteiger partial charge in [-0.15, -0.1) is 11.3 Å². The van der Waals surface area contributed by atoms with Crippen LogP contribution in [-0.4, -0.2) is 21.0 Å². The number of aromatic amines is 1. The normalized spacial score (nSPS) is 13.4. The van der Waals surface area contributed by atoms with E-state index in [9.17, 15) is 9.59 Å². The second-order valence-electron chi connectivity index (χ2n) is 5.68. The van der Waals surface area contributed by atoms with E-state index in [2.05, 4.69) is 10.3 Å². The summed E-state index contributed by atoms with van der Waals surface area (Å²) in [6.45, 7) is 7.35. The van der Waals surface area contributed by atoms with Gasteiger partial charge in [-0.05, 0) is 51.4 Å². The predicted octanol–water partition coefficient (Wildman–Crippen LogP) is 2.60. The van der Waals surface area contributed by atoms with E-state index in [0.717, 1.165) is 4.83 Å². The Morgan fingerprint density at radius 2 is 2.15 bits per heavy atom. The number of hydrogen-bond donors (Lipinski definition) is 2. The van der Waals surface area contributed by atoms with Gasteiger partial charge in [0.25, 0.3) is 5.56 Å². The van der Waals surface area contributed by atoms with Crippen molar-refractivity contribution < 1.29 is 4.79 Å². The first-order valence-corrected chi connectivity index (χ1v) is 7.53. The van der Waals surface area contributed by atoms with E-state index in [1.807, 2.05) is 26.2 Å². The summed E-state index contributed by atoms with van der Waals surface area (Å²) in [5.41, 5.74) is -0.589. The quantitative estimate of drug-likeness (QED) is 0.838. The lowest BCUT2D eigenvalue weighted by molar-refractivity contribution is -0.125. The number of aromatic nitrogens is 2. The van der Waals surface area contributed by atoms with E-state index >= 15 is 0 Å². The molecule has 1 atom stereocenters. The lowest BCUT2D eigenvalue weighted by Crippen LogP contribution is -2.45. The summed E-state index contributed by atoms with van der Waals surface area (Å²) in [7, 11) is 0. The SMILES string of the molecule is CC(C(=O)NC(C)(C)C)n1c(=S)[nH]c2sccc2c1=O. The van der Waals surface area contributed by atoms with Gasteiger partial charge in [0.1, 0.15) is 10.9 Å². The van der Waals surface area contributed by atoms with E-state index in [1.165, 1.54) is 15.9 Å². The molecule has 2 rings (SSSR count). The highest BCUT2D eigenvalue weighted by Gasteiger charge is 2.23. The maximum absolute atomic E-state index is 12.4. The van der Waals surface area contributed by atoms with Crippen molar-refractivity contribution in [3.63, 3.8) is 0 Å². The molecule has 0 aromatic carbocycles. The molecule has 2 aromatic heterocycles. The van der Waals surface area contributed by atoms with Crippen molar-refractivity contribution in [2.45, 2.75) is 39.3 Å². The highest BCUT2D eigenvalue weighted by Crippen LogP contribution is 2.16. The fraction of sp³-hybridized carbons (Fsp3) is 0.462. The van der Waals surface area contributed by atoms with Crippen LogP contribution in [0, 0.1) is 4.77 Å². The van der Waals surface area contributed by atoms with Crippen LogP contribution in [-0.2, 0) is 4.79 Å². The zero-order chi connectivity index (χ0) is 15.1. The van der Waals surface area contributed by atoms with Crippen LogP contribution in [0.5, 0.6) is 0 Å². The smallest absolute Gasteiger partial charge is 0.263 e. The lowest BCUT2D eigenvalue weighted by Gasteiger charge is -2.24. The van der Waals surface area contributed by atoms with Crippen LogP contribution in [0.15, 0.2) is 16.2 Å². The van der Waals surface area contributed by atoms with E-state index < -0.39 is 6.04 Å². The zero-order valence-electron chi connectivity index (χ0n) is 11.8. The fourth-order valence-corrected chi connectivity index (χ4v) is 3.08. The number of thiophene rings is 1. The molecule has 0 radical (unpaired) electrons. The summed E-state index contributed by atoms with van der Waals surface area (Å²) in [6, 6.07) is 1.08. The van der Waals surface area contributed by atoms with Crippen LogP contribution in [0.1, 0.15) is 33.7 Å². The summed E-state index contributed by atoms with van der Waals surface area (Å²) >= 11 is 6.62. The monoisotopic (exact) mass is 311 g/mol. The van der Waals surface area contributed by atoms with E-state index in [-0.39, 0.29) is 21.8 Å². The Bertz CT molecular complexity index is 764. The van der Waals surface area contributed by atoms with Crippen molar-refractivity contribution in [1.29, 1.82) is 0 Å². The first kappa shape index (κ1) is 14.9. The Morgan fingerprint density at radius 1 is 1.50 bits per heavy atom. The van der Waals surface area contributed by atoms with Gasteiger partial charge in [-0.3, -0.25) is 14.2 Å². The molecule has 7 heteroatoms. The van der Waals surface area contributed by atoms with E-state index in [4.69, 9.17) is 12.2 Å². The van der Waals surface area contributed by atoms with Gasteiger partial charge < -0.3 is 10.3 Å². The summed E-state index contributed by atoms with van der Waals surface area (Å²) < 4.78 is 1.59. The number of carbonyl (C=O) groups excluding carboxylic acids is 1. The molecule has 1 unspecified atom stereocenters. The summed E-state index contributed by atoms with van der Waals surface area (Å²) in [5, 5.41) is 5.23. The maximum Gasteiger partial charge on any atom is 0.263 e. The fourth-order valence-electron chi connectivity index (χ4n) is 1.90. The molecule has 0 bridgehead atoms. The molecule has 2 heterocycles. The van der Waals surface area contributed by atoms with Crippen molar-refractivity contribution in [2.24, 2.45) is 0 Å². The number of carbonyl (C=O) groups is 1.